The molecule has 3 aromatic rings. The number of aliphatic hydroxyl groups is 1. The van der Waals surface area contributed by atoms with Gasteiger partial charge in [-0.05, 0) is 43.6 Å². The predicted octanol–water partition coefficient (Wildman–Crippen LogP) is 4.01. The second-order valence-corrected chi connectivity index (χ2v) is 10.4. The lowest BCUT2D eigenvalue weighted by atomic mass is 9.93. The molecule has 1 aromatic carbocycles. The van der Waals surface area contributed by atoms with Gasteiger partial charge in [0, 0.05) is 37.9 Å². The van der Waals surface area contributed by atoms with Crippen molar-refractivity contribution in [3.05, 3.63) is 36.0 Å². The molecule has 0 amide bonds. The molecule has 0 bridgehead atoms. The van der Waals surface area contributed by atoms with Crippen LogP contribution in [0.1, 0.15) is 56.6 Å². The Bertz CT molecular complexity index is 1130. The van der Waals surface area contributed by atoms with Gasteiger partial charge in [-0.25, -0.2) is 9.67 Å². The molecule has 1 aliphatic heterocycles. The number of rotatable bonds is 8. The summed E-state index contributed by atoms with van der Waals surface area (Å²) in [5.41, 5.74) is 4.23. The van der Waals surface area contributed by atoms with Gasteiger partial charge < -0.3 is 15.2 Å². The van der Waals surface area contributed by atoms with Crippen LogP contribution in [0.15, 0.2) is 30.5 Å². The standard InChI is InChI=1S/C27H36N6O2/c34-23-9-7-22(8-10-23)33-26-24(17-29-27(30-26)28-12-11-19-1-2-19)25(31-33)21-5-3-20(4-6-21)18-32-13-15-35-16-14-32/h3-6,17,19,22-23,34H,1-2,7-16,18H2,(H,28,29,30)/t22-,23-. The summed E-state index contributed by atoms with van der Waals surface area (Å²) in [6.45, 7) is 5.47. The number of anilines is 1. The summed E-state index contributed by atoms with van der Waals surface area (Å²) in [6, 6.07) is 9.02. The first-order valence-electron chi connectivity index (χ1n) is 13.3. The minimum atomic E-state index is -0.194. The Morgan fingerprint density at radius 3 is 2.51 bits per heavy atom. The average molecular weight is 477 g/mol. The van der Waals surface area contributed by atoms with E-state index in [4.69, 9.17) is 14.8 Å². The molecule has 0 unspecified atom stereocenters. The first-order chi connectivity index (χ1) is 17.2. The third-order valence-corrected chi connectivity index (χ3v) is 7.73. The molecular formula is C27H36N6O2. The number of benzene rings is 1. The number of nitrogens with zero attached hydrogens (tertiary/aromatic N) is 5. The van der Waals surface area contributed by atoms with Crippen LogP contribution in [0.4, 0.5) is 5.95 Å². The van der Waals surface area contributed by atoms with Crippen molar-refractivity contribution in [2.75, 3.05) is 38.2 Å². The van der Waals surface area contributed by atoms with Crippen LogP contribution in [0, 0.1) is 5.92 Å². The van der Waals surface area contributed by atoms with Crippen molar-refractivity contribution >= 4 is 17.0 Å². The van der Waals surface area contributed by atoms with Crippen molar-refractivity contribution in [2.24, 2.45) is 5.92 Å². The molecule has 6 rings (SSSR count). The number of hydrogen-bond acceptors (Lipinski definition) is 7. The van der Waals surface area contributed by atoms with Gasteiger partial charge in [0.25, 0.3) is 0 Å². The summed E-state index contributed by atoms with van der Waals surface area (Å²) < 4.78 is 7.58. The summed E-state index contributed by atoms with van der Waals surface area (Å²) in [5.74, 6) is 1.56. The van der Waals surface area contributed by atoms with Crippen molar-refractivity contribution in [3.8, 4) is 11.3 Å². The molecule has 2 N–H and O–H groups in total. The summed E-state index contributed by atoms with van der Waals surface area (Å²) in [6.07, 6.45) is 9.11. The SMILES string of the molecule is O[C@H]1CC[C@H](n2nc(-c3ccc(CN4CCOCC4)cc3)c3cnc(NCCC4CC4)nc32)CC1. The van der Waals surface area contributed by atoms with Crippen molar-refractivity contribution in [1.29, 1.82) is 0 Å². The lowest BCUT2D eigenvalue weighted by Gasteiger charge is -2.26. The number of aromatic nitrogens is 4. The first kappa shape index (κ1) is 22.9. The Kier molecular flexibility index (Phi) is 6.67. The van der Waals surface area contributed by atoms with Gasteiger partial charge in [-0.2, -0.15) is 10.1 Å². The van der Waals surface area contributed by atoms with Gasteiger partial charge in [0.1, 0.15) is 5.69 Å². The van der Waals surface area contributed by atoms with Gasteiger partial charge in [-0.1, -0.05) is 37.1 Å². The molecular weight excluding hydrogens is 440 g/mol. The highest BCUT2D eigenvalue weighted by Crippen LogP contribution is 2.35. The van der Waals surface area contributed by atoms with E-state index in [9.17, 15) is 5.11 Å². The van der Waals surface area contributed by atoms with Gasteiger partial charge in [-0.3, -0.25) is 4.90 Å². The monoisotopic (exact) mass is 476 g/mol. The lowest BCUT2D eigenvalue weighted by molar-refractivity contribution is 0.0342. The maximum Gasteiger partial charge on any atom is 0.224 e. The van der Waals surface area contributed by atoms with E-state index in [1.165, 1.54) is 24.8 Å². The van der Waals surface area contributed by atoms with E-state index >= 15 is 0 Å². The molecule has 3 aliphatic rings. The van der Waals surface area contributed by atoms with E-state index in [0.29, 0.717) is 5.95 Å². The number of morpholine rings is 1. The molecule has 3 fully saturated rings. The molecule has 2 aliphatic carbocycles. The molecule has 2 aromatic heterocycles. The number of fused-ring (bicyclic) bond motifs is 1. The summed E-state index contributed by atoms with van der Waals surface area (Å²) in [7, 11) is 0. The van der Waals surface area contributed by atoms with Crippen LogP contribution in [0.2, 0.25) is 0 Å². The molecule has 35 heavy (non-hydrogen) atoms. The van der Waals surface area contributed by atoms with Gasteiger partial charge in [0.05, 0.1) is 30.7 Å². The van der Waals surface area contributed by atoms with Crippen molar-refractivity contribution < 1.29 is 9.84 Å². The largest absolute Gasteiger partial charge is 0.393 e. The molecule has 186 valence electrons. The second kappa shape index (κ2) is 10.2. The smallest absolute Gasteiger partial charge is 0.224 e. The van der Waals surface area contributed by atoms with Crippen LogP contribution in [0.5, 0.6) is 0 Å². The summed E-state index contributed by atoms with van der Waals surface area (Å²) in [5, 5.41) is 19.5. The summed E-state index contributed by atoms with van der Waals surface area (Å²) >= 11 is 0. The quantitative estimate of drug-likeness (QED) is 0.508. The number of ether oxygens (including phenoxy) is 1. The minimum absolute atomic E-state index is 0.194. The molecule has 1 saturated heterocycles. The first-order valence-corrected chi connectivity index (χ1v) is 13.3. The maximum absolute atomic E-state index is 10.0. The number of hydrogen-bond donors (Lipinski definition) is 2. The molecule has 3 heterocycles. The molecule has 2 saturated carbocycles. The Labute approximate surface area is 206 Å². The van der Waals surface area contributed by atoms with Crippen LogP contribution < -0.4 is 5.32 Å². The molecule has 8 heteroatoms. The summed E-state index contributed by atoms with van der Waals surface area (Å²) in [4.78, 5) is 12.0. The third-order valence-electron chi connectivity index (χ3n) is 7.73. The van der Waals surface area contributed by atoms with E-state index in [0.717, 1.165) is 93.3 Å². The van der Waals surface area contributed by atoms with Crippen LogP contribution >= 0.6 is 0 Å². The van der Waals surface area contributed by atoms with Crippen LogP contribution in [-0.2, 0) is 11.3 Å². The van der Waals surface area contributed by atoms with Gasteiger partial charge in [-0.15, -0.1) is 0 Å². The van der Waals surface area contributed by atoms with Crippen molar-refractivity contribution in [1.82, 2.24) is 24.6 Å². The Morgan fingerprint density at radius 1 is 1.00 bits per heavy atom. The molecule has 0 atom stereocenters. The fourth-order valence-corrected chi connectivity index (χ4v) is 5.36. The van der Waals surface area contributed by atoms with E-state index in [-0.39, 0.29) is 12.1 Å². The highest BCUT2D eigenvalue weighted by Gasteiger charge is 2.26. The van der Waals surface area contributed by atoms with Crippen LogP contribution in [0.25, 0.3) is 22.3 Å². The lowest BCUT2D eigenvalue weighted by Crippen LogP contribution is -2.35. The number of nitrogens with one attached hydrogen (secondary N) is 1. The third kappa shape index (κ3) is 5.34. The highest BCUT2D eigenvalue weighted by atomic mass is 16.5. The fourth-order valence-electron chi connectivity index (χ4n) is 5.36. The Morgan fingerprint density at radius 2 is 1.77 bits per heavy atom. The van der Waals surface area contributed by atoms with Crippen molar-refractivity contribution in [3.63, 3.8) is 0 Å². The van der Waals surface area contributed by atoms with Crippen LogP contribution in [0.3, 0.4) is 0 Å². The average Bonchev–Trinajstić information content (AvgIpc) is 3.64. The van der Waals surface area contributed by atoms with Gasteiger partial charge in [0.2, 0.25) is 5.95 Å². The van der Waals surface area contributed by atoms with Crippen molar-refractivity contribution in [2.45, 2.75) is 63.6 Å². The van der Waals surface area contributed by atoms with Gasteiger partial charge >= 0.3 is 0 Å². The zero-order valence-corrected chi connectivity index (χ0v) is 20.4. The van der Waals surface area contributed by atoms with E-state index in [1.807, 2.05) is 6.20 Å². The molecule has 8 nitrogen and oxygen atoms in total. The zero-order valence-electron chi connectivity index (χ0n) is 20.4. The minimum Gasteiger partial charge on any atom is -0.393 e. The Balaban J connectivity index is 1.27. The topological polar surface area (TPSA) is 88.3 Å². The Hall–Kier alpha value is -2.55. The highest BCUT2D eigenvalue weighted by molar-refractivity contribution is 5.91. The maximum atomic E-state index is 10.0. The number of aliphatic hydroxyl groups excluding tert-OH is 1. The van der Waals surface area contributed by atoms with Crippen LogP contribution in [-0.4, -0.2) is 68.7 Å². The van der Waals surface area contributed by atoms with E-state index < -0.39 is 0 Å². The second-order valence-electron chi connectivity index (χ2n) is 10.4. The van der Waals surface area contributed by atoms with Gasteiger partial charge in [0.15, 0.2) is 5.65 Å². The molecule has 0 spiro atoms. The van der Waals surface area contributed by atoms with E-state index in [2.05, 4.69) is 44.1 Å². The molecule has 0 radical (unpaired) electrons. The fraction of sp³-hybridized carbons (Fsp3) is 0.593. The van der Waals surface area contributed by atoms with E-state index in [1.54, 1.807) is 0 Å². The zero-order chi connectivity index (χ0) is 23.6. The predicted molar refractivity (Wildman–Crippen MR) is 136 cm³/mol. The normalized spacial score (nSPS) is 23.6.